The van der Waals surface area contributed by atoms with Gasteiger partial charge in [-0.05, 0) is 24.3 Å². The van der Waals surface area contributed by atoms with Gasteiger partial charge in [-0.1, -0.05) is 30.3 Å². The number of fused-ring (bicyclic) bond motifs is 2. The summed E-state index contributed by atoms with van der Waals surface area (Å²) in [5, 5.41) is 0. The molecule has 0 spiro atoms. The van der Waals surface area contributed by atoms with E-state index in [-0.39, 0.29) is 5.91 Å². The van der Waals surface area contributed by atoms with Crippen LogP contribution in [0.5, 0.6) is 11.5 Å². The van der Waals surface area contributed by atoms with Gasteiger partial charge in [-0.25, -0.2) is 0 Å². The zero-order valence-electron chi connectivity index (χ0n) is 12.0. The summed E-state index contributed by atoms with van der Waals surface area (Å²) in [7, 11) is 0. The number of amides is 1. The lowest BCUT2D eigenvalue weighted by Crippen LogP contribution is -2.40. The van der Waals surface area contributed by atoms with Gasteiger partial charge in [0.2, 0.25) is 0 Å². The third-order valence-electron chi connectivity index (χ3n) is 3.88. The molecule has 2 aromatic rings. The number of hydrogen-bond donors (Lipinski definition) is 0. The smallest absolute Gasteiger partial charge is 0.257 e. The lowest BCUT2D eigenvalue weighted by Gasteiger charge is -2.30. The second-order valence-corrected chi connectivity index (χ2v) is 5.27. The van der Waals surface area contributed by atoms with Crippen molar-refractivity contribution in [3.8, 4) is 11.5 Å². The van der Waals surface area contributed by atoms with Crippen LogP contribution in [-0.4, -0.2) is 25.7 Å². The Morgan fingerprint density at radius 2 is 1.73 bits per heavy atom. The number of nitrogens with zero attached hydrogens (tertiary/aromatic N) is 1. The van der Waals surface area contributed by atoms with Gasteiger partial charge in [0.05, 0.1) is 17.8 Å². The van der Waals surface area contributed by atoms with Crippen molar-refractivity contribution in [3.05, 3.63) is 59.7 Å². The quantitative estimate of drug-likeness (QED) is 0.811. The molecule has 0 saturated heterocycles. The summed E-state index contributed by atoms with van der Waals surface area (Å²) in [5.41, 5.74) is 2.42. The minimum absolute atomic E-state index is 0.0229. The van der Waals surface area contributed by atoms with Gasteiger partial charge >= 0.3 is 0 Å². The van der Waals surface area contributed by atoms with Crippen LogP contribution in [0.4, 0.5) is 5.69 Å². The molecule has 22 heavy (non-hydrogen) atoms. The minimum Gasteiger partial charge on any atom is -0.490 e. The van der Waals surface area contributed by atoms with Gasteiger partial charge in [0.25, 0.3) is 5.91 Å². The molecule has 0 bridgehead atoms. The molecule has 1 amide bonds. The van der Waals surface area contributed by atoms with Gasteiger partial charge in [0.1, 0.15) is 24.7 Å². The maximum atomic E-state index is 12.8. The number of carbonyl (C=O) groups excluding carboxylic acids is 1. The molecule has 2 aliphatic heterocycles. The van der Waals surface area contributed by atoms with E-state index in [1.807, 2.05) is 54.6 Å². The van der Waals surface area contributed by atoms with E-state index in [9.17, 15) is 4.79 Å². The van der Waals surface area contributed by atoms with Crippen LogP contribution in [0.25, 0.3) is 6.08 Å². The van der Waals surface area contributed by atoms with Crippen molar-refractivity contribution in [1.82, 2.24) is 0 Å². The van der Waals surface area contributed by atoms with Crippen molar-refractivity contribution in [2.24, 2.45) is 0 Å². The Hall–Kier alpha value is -2.75. The normalized spacial score (nSPS) is 15.8. The molecule has 4 heteroatoms. The van der Waals surface area contributed by atoms with E-state index in [1.54, 1.807) is 4.90 Å². The first-order chi connectivity index (χ1) is 10.8. The highest BCUT2D eigenvalue weighted by Crippen LogP contribution is 2.33. The summed E-state index contributed by atoms with van der Waals surface area (Å²) in [5.74, 6) is 1.55. The van der Waals surface area contributed by atoms with Gasteiger partial charge in [0, 0.05) is 5.56 Å². The van der Waals surface area contributed by atoms with Gasteiger partial charge in [0.15, 0.2) is 0 Å². The second kappa shape index (κ2) is 5.22. The van der Waals surface area contributed by atoms with Crippen molar-refractivity contribution in [2.45, 2.75) is 0 Å². The average Bonchev–Trinajstić information content (AvgIpc) is 2.60. The molecule has 0 atom stereocenters. The standard InChI is InChI=1S/C18H15NO3/c20-18(14-11-13-5-1-3-7-16(13)22-12-14)19-9-10-21-17-8-4-2-6-15(17)19/h1-8,11H,9-10,12H2. The van der Waals surface area contributed by atoms with Crippen LogP contribution in [0.2, 0.25) is 0 Å². The molecule has 2 heterocycles. The predicted molar refractivity (Wildman–Crippen MR) is 84.2 cm³/mol. The zero-order chi connectivity index (χ0) is 14.9. The molecule has 110 valence electrons. The number of para-hydroxylation sites is 3. The molecule has 4 rings (SSSR count). The van der Waals surface area contributed by atoms with Crippen molar-refractivity contribution in [1.29, 1.82) is 0 Å². The molecule has 0 aromatic heterocycles. The van der Waals surface area contributed by atoms with Gasteiger partial charge in [-0.15, -0.1) is 0 Å². The Morgan fingerprint density at radius 3 is 2.64 bits per heavy atom. The fourth-order valence-corrected chi connectivity index (χ4v) is 2.79. The lowest BCUT2D eigenvalue weighted by molar-refractivity contribution is -0.115. The fourth-order valence-electron chi connectivity index (χ4n) is 2.79. The summed E-state index contributed by atoms with van der Waals surface area (Å²) in [6.45, 7) is 1.36. The number of carbonyl (C=O) groups is 1. The van der Waals surface area contributed by atoms with Crippen LogP contribution in [-0.2, 0) is 4.79 Å². The van der Waals surface area contributed by atoms with Crippen LogP contribution in [0, 0.1) is 0 Å². The molecule has 0 aliphatic carbocycles. The van der Waals surface area contributed by atoms with Crippen LogP contribution < -0.4 is 14.4 Å². The van der Waals surface area contributed by atoms with Crippen LogP contribution in [0.1, 0.15) is 5.56 Å². The van der Waals surface area contributed by atoms with Gasteiger partial charge < -0.3 is 14.4 Å². The number of ether oxygens (including phenoxy) is 2. The first-order valence-electron chi connectivity index (χ1n) is 7.29. The van der Waals surface area contributed by atoms with Crippen LogP contribution >= 0.6 is 0 Å². The third kappa shape index (κ3) is 2.13. The summed E-state index contributed by atoms with van der Waals surface area (Å²) < 4.78 is 11.3. The van der Waals surface area contributed by atoms with E-state index < -0.39 is 0 Å². The predicted octanol–water partition coefficient (Wildman–Crippen LogP) is 2.89. The minimum atomic E-state index is -0.0229. The highest BCUT2D eigenvalue weighted by molar-refractivity contribution is 6.10. The van der Waals surface area contributed by atoms with E-state index in [0.29, 0.717) is 25.3 Å². The molecule has 0 radical (unpaired) electrons. The first kappa shape index (κ1) is 13.0. The van der Waals surface area contributed by atoms with E-state index in [2.05, 4.69) is 0 Å². The number of anilines is 1. The molecule has 0 unspecified atom stereocenters. The summed E-state index contributed by atoms with van der Waals surface area (Å²) in [4.78, 5) is 14.6. The molecule has 0 saturated carbocycles. The Morgan fingerprint density at radius 1 is 0.955 bits per heavy atom. The lowest BCUT2D eigenvalue weighted by atomic mass is 10.1. The summed E-state index contributed by atoms with van der Waals surface area (Å²) in [6, 6.07) is 15.3. The van der Waals surface area contributed by atoms with Gasteiger partial charge in [-0.3, -0.25) is 4.79 Å². The van der Waals surface area contributed by atoms with E-state index in [0.717, 1.165) is 22.7 Å². The van der Waals surface area contributed by atoms with Crippen molar-refractivity contribution in [3.63, 3.8) is 0 Å². The Labute approximate surface area is 128 Å². The monoisotopic (exact) mass is 293 g/mol. The molecular weight excluding hydrogens is 278 g/mol. The molecule has 0 N–H and O–H groups in total. The van der Waals surface area contributed by atoms with Crippen LogP contribution in [0.3, 0.4) is 0 Å². The second-order valence-electron chi connectivity index (χ2n) is 5.27. The third-order valence-corrected chi connectivity index (χ3v) is 3.88. The number of rotatable bonds is 1. The Kier molecular flexibility index (Phi) is 3.07. The summed E-state index contributed by atoms with van der Waals surface area (Å²) >= 11 is 0. The molecule has 4 nitrogen and oxygen atoms in total. The largest absolute Gasteiger partial charge is 0.490 e. The molecular formula is C18H15NO3. The first-order valence-corrected chi connectivity index (χ1v) is 7.29. The molecule has 2 aliphatic rings. The Balaban J connectivity index is 1.68. The maximum Gasteiger partial charge on any atom is 0.257 e. The number of benzene rings is 2. The topological polar surface area (TPSA) is 38.8 Å². The van der Waals surface area contributed by atoms with E-state index in [4.69, 9.17) is 9.47 Å². The number of hydrogen-bond acceptors (Lipinski definition) is 3. The Bertz CT molecular complexity index is 766. The SMILES string of the molecule is O=C(C1=Cc2ccccc2OC1)N1CCOc2ccccc21. The zero-order valence-corrected chi connectivity index (χ0v) is 12.0. The van der Waals surface area contributed by atoms with E-state index >= 15 is 0 Å². The molecule has 2 aromatic carbocycles. The van der Waals surface area contributed by atoms with Gasteiger partial charge in [-0.2, -0.15) is 0 Å². The fraction of sp³-hybridized carbons (Fsp3) is 0.167. The van der Waals surface area contributed by atoms with Crippen molar-refractivity contribution < 1.29 is 14.3 Å². The van der Waals surface area contributed by atoms with Crippen molar-refractivity contribution >= 4 is 17.7 Å². The highest BCUT2D eigenvalue weighted by Gasteiger charge is 2.27. The van der Waals surface area contributed by atoms with Crippen LogP contribution in [0.15, 0.2) is 54.1 Å². The highest BCUT2D eigenvalue weighted by atomic mass is 16.5. The average molecular weight is 293 g/mol. The molecule has 0 fully saturated rings. The van der Waals surface area contributed by atoms with E-state index in [1.165, 1.54) is 0 Å². The summed E-state index contributed by atoms with van der Waals surface area (Å²) in [6.07, 6.45) is 1.92. The van der Waals surface area contributed by atoms with Crippen molar-refractivity contribution in [2.75, 3.05) is 24.7 Å². The maximum absolute atomic E-state index is 12.8.